The maximum atomic E-state index is 16.0. The minimum absolute atomic E-state index is 0.325. The van der Waals surface area contributed by atoms with Crippen LogP contribution >= 0.6 is 0 Å². The van der Waals surface area contributed by atoms with Gasteiger partial charge in [-0.3, -0.25) is 0 Å². The molecule has 0 aliphatic rings. The van der Waals surface area contributed by atoms with Crippen LogP contribution < -0.4 is 0 Å². The zero-order valence-corrected chi connectivity index (χ0v) is 15.2. The smallest absolute Gasteiger partial charge is 0.320 e. The zero-order chi connectivity index (χ0) is 18.7. The Kier molecular flexibility index (Phi) is 5.65. The second-order valence-electron chi connectivity index (χ2n) is 5.63. The summed E-state index contributed by atoms with van der Waals surface area (Å²) < 4.78 is 64.2. The highest BCUT2D eigenvalue weighted by molar-refractivity contribution is 8.10. The maximum Gasteiger partial charge on any atom is 0.320 e. The van der Waals surface area contributed by atoms with E-state index in [1.165, 1.54) is 24.3 Å². The molecular formula is C17H19FO5S2. The standard InChI is InChI=1S/C17H19FO5S2/c1-14(12-13-19)17(18,24(20,21)15-8-4-2-5-9-15)25(22,23)16-10-6-3-7-11-16/h2-11,14,19H,12-13H2,1H3. The molecule has 0 bridgehead atoms. The van der Waals surface area contributed by atoms with Crippen molar-refractivity contribution in [2.75, 3.05) is 6.61 Å². The summed E-state index contributed by atoms with van der Waals surface area (Å²) in [5.74, 6) is -1.48. The Morgan fingerprint density at radius 1 is 0.880 bits per heavy atom. The third-order valence-corrected chi connectivity index (χ3v) is 9.36. The number of aliphatic hydroxyl groups excluding tert-OH is 1. The Labute approximate surface area is 147 Å². The fourth-order valence-corrected chi connectivity index (χ4v) is 7.26. The summed E-state index contributed by atoms with van der Waals surface area (Å²) in [4.78, 5) is -0.858. The molecule has 0 saturated heterocycles. The number of benzene rings is 2. The van der Waals surface area contributed by atoms with Gasteiger partial charge in [0.15, 0.2) is 0 Å². The molecule has 0 saturated carbocycles. The topological polar surface area (TPSA) is 88.5 Å². The van der Waals surface area contributed by atoms with Crippen LogP contribution in [0.5, 0.6) is 0 Å². The van der Waals surface area contributed by atoms with Gasteiger partial charge >= 0.3 is 4.33 Å². The summed E-state index contributed by atoms with van der Waals surface area (Å²) in [5.41, 5.74) is 0. The maximum absolute atomic E-state index is 16.0. The molecule has 0 aromatic heterocycles. The van der Waals surface area contributed by atoms with E-state index < -0.39 is 46.3 Å². The minimum Gasteiger partial charge on any atom is -0.396 e. The van der Waals surface area contributed by atoms with E-state index in [1.54, 1.807) is 12.1 Å². The number of halogens is 1. The van der Waals surface area contributed by atoms with Crippen molar-refractivity contribution in [2.45, 2.75) is 27.5 Å². The highest BCUT2D eigenvalue weighted by atomic mass is 32.3. The van der Waals surface area contributed by atoms with Crippen molar-refractivity contribution >= 4 is 19.7 Å². The highest BCUT2D eigenvalue weighted by Crippen LogP contribution is 2.43. The summed E-state index contributed by atoms with van der Waals surface area (Å²) in [6, 6.07) is 13.2. The van der Waals surface area contributed by atoms with E-state index in [0.29, 0.717) is 0 Å². The van der Waals surface area contributed by atoms with Crippen molar-refractivity contribution in [1.29, 1.82) is 0 Å². The molecule has 136 valence electrons. The number of aliphatic hydroxyl groups is 1. The van der Waals surface area contributed by atoms with Crippen molar-refractivity contribution in [2.24, 2.45) is 5.92 Å². The average molecular weight is 386 g/mol. The van der Waals surface area contributed by atoms with Gasteiger partial charge < -0.3 is 5.11 Å². The third kappa shape index (κ3) is 3.21. The molecule has 0 fully saturated rings. The van der Waals surface area contributed by atoms with Gasteiger partial charge in [0.25, 0.3) is 0 Å². The second-order valence-corrected chi connectivity index (χ2v) is 10.0. The predicted molar refractivity (Wildman–Crippen MR) is 92.0 cm³/mol. The number of hydrogen-bond donors (Lipinski definition) is 1. The summed E-state index contributed by atoms with van der Waals surface area (Å²) >= 11 is 0. The molecule has 5 nitrogen and oxygen atoms in total. The van der Waals surface area contributed by atoms with Crippen molar-refractivity contribution in [3.63, 3.8) is 0 Å². The van der Waals surface area contributed by atoms with Crippen molar-refractivity contribution < 1.29 is 26.3 Å². The van der Waals surface area contributed by atoms with E-state index in [1.807, 2.05) is 0 Å². The van der Waals surface area contributed by atoms with Crippen LogP contribution in [0.1, 0.15) is 13.3 Å². The van der Waals surface area contributed by atoms with E-state index in [9.17, 15) is 16.8 Å². The highest BCUT2D eigenvalue weighted by Gasteiger charge is 2.60. The monoisotopic (exact) mass is 386 g/mol. The first-order chi connectivity index (χ1) is 11.7. The normalized spacial score (nSPS) is 14.2. The fourth-order valence-electron chi connectivity index (χ4n) is 2.56. The molecule has 2 aromatic rings. The summed E-state index contributed by atoms with van der Waals surface area (Å²) in [6.45, 7) is 0.624. The number of hydrogen-bond acceptors (Lipinski definition) is 5. The SMILES string of the molecule is CC(CCO)C(F)(S(=O)(=O)c1ccccc1)S(=O)(=O)c1ccccc1. The molecule has 2 aromatic carbocycles. The first-order valence-corrected chi connectivity index (χ1v) is 10.6. The molecule has 0 radical (unpaired) electrons. The van der Waals surface area contributed by atoms with Crippen LogP contribution in [0.25, 0.3) is 0 Å². The molecule has 1 N–H and O–H groups in total. The quantitative estimate of drug-likeness (QED) is 0.790. The largest absolute Gasteiger partial charge is 0.396 e. The Balaban J connectivity index is 2.76. The van der Waals surface area contributed by atoms with Crippen LogP contribution in [0.2, 0.25) is 0 Å². The lowest BCUT2D eigenvalue weighted by Crippen LogP contribution is -2.48. The summed E-state index contributed by atoms with van der Waals surface area (Å²) in [5, 5.41) is 9.12. The third-order valence-electron chi connectivity index (χ3n) is 3.99. The molecule has 2 rings (SSSR count). The molecular weight excluding hydrogens is 367 g/mol. The Hall–Kier alpha value is -1.77. The molecule has 0 spiro atoms. The lowest BCUT2D eigenvalue weighted by molar-refractivity contribution is 0.204. The number of rotatable bonds is 7. The molecule has 0 heterocycles. The molecule has 0 aliphatic carbocycles. The molecule has 1 atom stereocenters. The van der Waals surface area contributed by atoms with Gasteiger partial charge in [-0.2, -0.15) is 0 Å². The molecule has 25 heavy (non-hydrogen) atoms. The van der Waals surface area contributed by atoms with Crippen LogP contribution in [-0.4, -0.2) is 32.9 Å². The second kappa shape index (κ2) is 7.23. The van der Waals surface area contributed by atoms with Crippen LogP contribution in [0.4, 0.5) is 4.39 Å². The van der Waals surface area contributed by atoms with E-state index in [0.717, 1.165) is 31.2 Å². The van der Waals surface area contributed by atoms with E-state index in [2.05, 4.69) is 0 Å². The van der Waals surface area contributed by atoms with Gasteiger partial charge in [-0.1, -0.05) is 43.3 Å². The Morgan fingerprint density at radius 3 is 1.56 bits per heavy atom. The molecule has 1 unspecified atom stereocenters. The van der Waals surface area contributed by atoms with Crippen LogP contribution in [-0.2, 0) is 19.7 Å². The lowest BCUT2D eigenvalue weighted by Gasteiger charge is -2.30. The Morgan fingerprint density at radius 2 is 1.24 bits per heavy atom. The lowest BCUT2D eigenvalue weighted by atomic mass is 10.1. The van der Waals surface area contributed by atoms with E-state index in [4.69, 9.17) is 5.11 Å². The van der Waals surface area contributed by atoms with Gasteiger partial charge in [0, 0.05) is 12.5 Å². The van der Waals surface area contributed by atoms with E-state index in [-0.39, 0.29) is 6.42 Å². The van der Waals surface area contributed by atoms with E-state index >= 15 is 4.39 Å². The van der Waals surface area contributed by atoms with Crippen molar-refractivity contribution in [3.05, 3.63) is 60.7 Å². The van der Waals surface area contributed by atoms with Crippen LogP contribution in [0, 0.1) is 5.92 Å². The predicted octanol–water partition coefficient (Wildman–Crippen LogP) is 2.58. The van der Waals surface area contributed by atoms with Gasteiger partial charge in [-0.25, -0.2) is 21.2 Å². The number of alkyl halides is 1. The van der Waals surface area contributed by atoms with Crippen LogP contribution in [0.3, 0.4) is 0 Å². The molecule has 8 heteroatoms. The van der Waals surface area contributed by atoms with Gasteiger partial charge in [0.2, 0.25) is 19.7 Å². The van der Waals surface area contributed by atoms with Crippen molar-refractivity contribution in [3.8, 4) is 0 Å². The van der Waals surface area contributed by atoms with Crippen molar-refractivity contribution in [1.82, 2.24) is 0 Å². The zero-order valence-electron chi connectivity index (χ0n) is 13.5. The van der Waals surface area contributed by atoms with Gasteiger partial charge in [-0.15, -0.1) is 0 Å². The van der Waals surface area contributed by atoms with Gasteiger partial charge in [0.1, 0.15) is 0 Å². The first-order valence-electron chi connectivity index (χ1n) is 7.58. The average Bonchev–Trinajstić information content (AvgIpc) is 2.62. The fraction of sp³-hybridized carbons (Fsp3) is 0.294. The molecule has 0 amide bonds. The Bertz CT molecular complexity index is 841. The van der Waals surface area contributed by atoms with Gasteiger partial charge in [0.05, 0.1) is 9.79 Å². The molecule has 0 aliphatic heterocycles. The van der Waals surface area contributed by atoms with Gasteiger partial charge in [-0.05, 0) is 30.7 Å². The summed E-state index contributed by atoms with van der Waals surface area (Å²) in [7, 11) is -9.79. The summed E-state index contributed by atoms with van der Waals surface area (Å²) in [6.07, 6.45) is -0.325. The number of sulfone groups is 2. The van der Waals surface area contributed by atoms with Crippen LogP contribution in [0.15, 0.2) is 70.5 Å². The minimum atomic E-state index is -4.89. The first kappa shape index (κ1) is 19.6.